The van der Waals surface area contributed by atoms with Gasteiger partial charge >= 0.3 is 5.97 Å². The van der Waals surface area contributed by atoms with E-state index in [2.05, 4.69) is 5.32 Å². The molecule has 0 radical (unpaired) electrons. The monoisotopic (exact) mass is 456 g/mol. The third kappa shape index (κ3) is 2.52. The Hall–Kier alpha value is -3.23. The molecule has 9 heteroatoms. The third-order valence-electron chi connectivity index (χ3n) is 5.78. The quantitative estimate of drug-likeness (QED) is 0.594. The van der Waals surface area contributed by atoms with E-state index in [1.807, 2.05) is 0 Å². The lowest BCUT2D eigenvalue weighted by atomic mass is 9.74. The summed E-state index contributed by atoms with van der Waals surface area (Å²) >= 11 is 7.24. The van der Waals surface area contributed by atoms with Crippen LogP contribution in [0.25, 0.3) is 11.1 Å². The van der Waals surface area contributed by atoms with Gasteiger partial charge < -0.3 is 15.3 Å². The number of carboxylic acid groups (broad SMARTS) is 1. The van der Waals surface area contributed by atoms with Crippen LogP contribution < -0.4 is 10.2 Å². The maximum atomic E-state index is 14.7. The van der Waals surface area contributed by atoms with Crippen molar-refractivity contribution in [3.05, 3.63) is 68.6 Å². The summed E-state index contributed by atoms with van der Waals surface area (Å²) in [6.07, 6.45) is -0.202. The van der Waals surface area contributed by atoms with Gasteiger partial charge in [-0.3, -0.25) is 9.59 Å². The Morgan fingerprint density at radius 2 is 1.97 bits per heavy atom. The number of halogens is 2. The molecule has 0 aliphatic carbocycles. The van der Waals surface area contributed by atoms with Gasteiger partial charge in [-0.1, -0.05) is 41.9 Å². The van der Waals surface area contributed by atoms with Crippen LogP contribution in [0.1, 0.15) is 26.5 Å². The fourth-order valence-electron chi connectivity index (χ4n) is 4.52. The molecule has 1 spiro atoms. The fourth-order valence-corrected chi connectivity index (χ4v) is 6.13. The van der Waals surface area contributed by atoms with Crippen molar-refractivity contribution in [3.8, 4) is 11.1 Å². The summed E-state index contributed by atoms with van der Waals surface area (Å²) < 4.78 is 14.7. The largest absolute Gasteiger partial charge is 0.477 e. The van der Waals surface area contributed by atoms with Crippen molar-refractivity contribution in [3.63, 3.8) is 0 Å². The summed E-state index contributed by atoms with van der Waals surface area (Å²) in [4.78, 5) is 40.1. The van der Waals surface area contributed by atoms with E-state index >= 15 is 0 Å². The van der Waals surface area contributed by atoms with Gasteiger partial charge in [-0.25, -0.2) is 9.18 Å². The summed E-state index contributed by atoms with van der Waals surface area (Å²) in [5.41, 5.74) is -0.165. The molecule has 0 fully saturated rings. The first-order valence-corrected chi connectivity index (χ1v) is 10.5. The van der Waals surface area contributed by atoms with Crippen molar-refractivity contribution in [1.29, 1.82) is 0 Å². The van der Waals surface area contributed by atoms with Crippen molar-refractivity contribution in [2.45, 2.75) is 11.8 Å². The number of para-hydroxylation sites is 1. The van der Waals surface area contributed by atoms with Gasteiger partial charge in [0.05, 0.1) is 27.7 Å². The molecule has 0 bridgehead atoms. The van der Waals surface area contributed by atoms with Crippen LogP contribution in [0.3, 0.4) is 0 Å². The fraction of sp³-hybridized carbons (Fsp3) is 0.136. The van der Waals surface area contributed by atoms with Gasteiger partial charge in [0.25, 0.3) is 0 Å². The Labute approximate surface area is 184 Å². The first-order chi connectivity index (χ1) is 14.8. The van der Waals surface area contributed by atoms with E-state index < -0.39 is 23.1 Å². The van der Waals surface area contributed by atoms with Gasteiger partial charge in [0.2, 0.25) is 11.8 Å². The molecule has 2 aliphatic rings. The Morgan fingerprint density at radius 1 is 1.23 bits per heavy atom. The normalized spacial score (nSPS) is 19.4. The summed E-state index contributed by atoms with van der Waals surface area (Å²) in [6.45, 7) is 0. The van der Waals surface area contributed by atoms with Crippen LogP contribution in [0.4, 0.5) is 15.8 Å². The number of carbonyl (C=O) groups excluding carboxylic acids is 2. The number of anilines is 2. The molecule has 31 heavy (non-hydrogen) atoms. The van der Waals surface area contributed by atoms with Crippen LogP contribution in [0.5, 0.6) is 0 Å². The number of aromatic carboxylic acids is 1. The second-order valence-electron chi connectivity index (χ2n) is 7.43. The molecule has 6 nitrogen and oxygen atoms in total. The zero-order valence-corrected chi connectivity index (χ0v) is 17.6. The van der Waals surface area contributed by atoms with Gasteiger partial charge in [0.1, 0.15) is 16.1 Å². The molecule has 1 atom stereocenters. The number of hydrogen-bond donors (Lipinski definition) is 2. The average Bonchev–Trinajstić information content (AvgIpc) is 3.20. The molecule has 2 aliphatic heterocycles. The van der Waals surface area contributed by atoms with E-state index in [9.17, 15) is 23.9 Å². The Bertz CT molecular complexity index is 1320. The van der Waals surface area contributed by atoms with Crippen molar-refractivity contribution in [2.24, 2.45) is 0 Å². The predicted octanol–water partition coefficient (Wildman–Crippen LogP) is 4.51. The SMILES string of the molecule is CN1C(=O)[C@@]2(CC(=O)Nc3c2sc(C(=O)O)c3-c2ccccc2F)c2cccc(Cl)c21. The minimum atomic E-state index is -1.43. The molecule has 0 saturated carbocycles. The van der Waals surface area contributed by atoms with E-state index in [1.54, 1.807) is 31.3 Å². The van der Waals surface area contributed by atoms with Gasteiger partial charge in [0.15, 0.2) is 0 Å². The lowest BCUT2D eigenvalue weighted by Gasteiger charge is -2.32. The standard InChI is InChI=1S/C22H14ClFN2O4S/c1-26-17-11(6-4-7-12(17)23)22(21(26)30)9-14(27)25-16-15(10-5-2-3-8-13(10)24)18(20(28)29)31-19(16)22/h2-8H,9H2,1H3,(H,25,27)(H,28,29)/t22-/m0/s1. The molecule has 2 aromatic carbocycles. The van der Waals surface area contributed by atoms with E-state index in [-0.39, 0.29) is 34.0 Å². The number of carbonyl (C=O) groups is 3. The lowest BCUT2D eigenvalue weighted by molar-refractivity contribution is -0.126. The summed E-state index contributed by atoms with van der Waals surface area (Å²) in [7, 11) is 1.57. The Morgan fingerprint density at radius 3 is 2.68 bits per heavy atom. The molecule has 0 saturated heterocycles. The molecule has 2 N–H and O–H groups in total. The number of benzene rings is 2. The average molecular weight is 457 g/mol. The van der Waals surface area contributed by atoms with Crippen molar-refractivity contribution in [1.82, 2.24) is 0 Å². The number of nitrogens with zero attached hydrogens (tertiary/aromatic N) is 1. The van der Waals surface area contributed by atoms with Crippen LogP contribution in [0.15, 0.2) is 42.5 Å². The number of likely N-dealkylation sites (N-methyl/N-ethyl adjacent to an activating group) is 1. The second-order valence-corrected chi connectivity index (χ2v) is 8.85. The van der Waals surface area contributed by atoms with Gasteiger partial charge in [-0.15, -0.1) is 11.3 Å². The third-order valence-corrected chi connectivity index (χ3v) is 7.42. The van der Waals surface area contributed by atoms with E-state index in [1.165, 1.54) is 23.1 Å². The molecule has 3 aromatic rings. The van der Waals surface area contributed by atoms with Crippen molar-refractivity contribution < 1.29 is 23.9 Å². The zero-order chi connectivity index (χ0) is 22.1. The second kappa shape index (κ2) is 6.63. The van der Waals surface area contributed by atoms with Crippen LogP contribution in [0.2, 0.25) is 5.02 Å². The Balaban J connectivity index is 1.89. The molecule has 1 aromatic heterocycles. The molecule has 5 rings (SSSR count). The minimum Gasteiger partial charge on any atom is -0.477 e. The summed E-state index contributed by atoms with van der Waals surface area (Å²) in [5, 5.41) is 12.9. The highest BCUT2D eigenvalue weighted by Crippen LogP contribution is 2.58. The first-order valence-electron chi connectivity index (χ1n) is 9.30. The van der Waals surface area contributed by atoms with Crippen LogP contribution in [0, 0.1) is 5.82 Å². The van der Waals surface area contributed by atoms with Crippen molar-refractivity contribution in [2.75, 3.05) is 17.3 Å². The first kappa shape index (κ1) is 19.7. The highest BCUT2D eigenvalue weighted by atomic mass is 35.5. The summed E-state index contributed by atoms with van der Waals surface area (Å²) in [6, 6.07) is 10.8. The van der Waals surface area contributed by atoms with E-state index in [0.717, 1.165) is 11.3 Å². The lowest BCUT2D eigenvalue weighted by Crippen LogP contribution is -2.45. The number of fused-ring (bicyclic) bond motifs is 4. The molecular formula is C22H14ClFN2O4S. The molecular weight excluding hydrogens is 443 g/mol. The minimum absolute atomic E-state index is 0.0415. The van der Waals surface area contributed by atoms with Crippen LogP contribution in [-0.4, -0.2) is 29.9 Å². The molecule has 2 amide bonds. The van der Waals surface area contributed by atoms with Crippen LogP contribution >= 0.6 is 22.9 Å². The van der Waals surface area contributed by atoms with Crippen LogP contribution in [-0.2, 0) is 15.0 Å². The number of carboxylic acids is 1. The van der Waals surface area contributed by atoms with Gasteiger partial charge in [-0.2, -0.15) is 0 Å². The number of rotatable bonds is 2. The molecule has 3 heterocycles. The smallest absolute Gasteiger partial charge is 0.346 e. The highest BCUT2D eigenvalue weighted by Gasteiger charge is 2.57. The number of thiophene rings is 1. The predicted molar refractivity (Wildman–Crippen MR) is 116 cm³/mol. The maximum absolute atomic E-state index is 14.7. The molecule has 0 unspecified atom stereocenters. The number of nitrogens with one attached hydrogen (secondary N) is 1. The zero-order valence-electron chi connectivity index (χ0n) is 16.0. The summed E-state index contributed by atoms with van der Waals surface area (Å²) in [5.74, 6) is -2.75. The van der Waals surface area contributed by atoms with Crippen molar-refractivity contribution >= 4 is 52.1 Å². The highest BCUT2D eigenvalue weighted by molar-refractivity contribution is 7.15. The van der Waals surface area contributed by atoms with Gasteiger partial charge in [0, 0.05) is 18.2 Å². The van der Waals surface area contributed by atoms with Gasteiger partial charge in [-0.05, 0) is 17.7 Å². The van der Waals surface area contributed by atoms with E-state index in [0.29, 0.717) is 21.2 Å². The number of amides is 2. The topological polar surface area (TPSA) is 86.7 Å². The van der Waals surface area contributed by atoms with E-state index in [4.69, 9.17) is 11.6 Å². The Kier molecular flexibility index (Phi) is 4.22. The number of hydrogen-bond acceptors (Lipinski definition) is 4. The molecule has 156 valence electrons. The maximum Gasteiger partial charge on any atom is 0.346 e.